The number of ether oxygens (including phenoxy) is 2. The van der Waals surface area contributed by atoms with Gasteiger partial charge in [0.2, 0.25) is 5.91 Å². The van der Waals surface area contributed by atoms with Gasteiger partial charge in [-0.05, 0) is 36.9 Å². The van der Waals surface area contributed by atoms with Crippen molar-refractivity contribution in [1.29, 1.82) is 0 Å². The van der Waals surface area contributed by atoms with E-state index in [1.807, 2.05) is 96.9 Å². The molecule has 3 aromatic carbocycles. The van der Waals surface area contributed by atoms with Gasteiger partial charge in [-0.2, -0.15) is 0 Å². The molecule has 0 spiro atoms. The molecule has 5 nitrogen and oxygen atoms in total. The number of hydrogen-bond donors (Lipinski definition) is 1. The van der Waals surface area contributed by atoms with Crippen LogP contribution in [0.4, 0.5) is 5.69 Å². The lowest BCUT2D eigenvalue weighted by Crippen LogP contribution is -2.37. The molecule has 0 aliphatic heterocycles. The Bertz CT molecular complexity index is 900. The van der Waals surface area contributed by atoms with E-state index in [-0.39, 0.29) is 5.91 Å². The smallest absolute Gasteiger partial charge is 0.246 e. The van der Waals surface area contributed by atoms with Crippen molar-refractivity contribution < 1.29 is 14.3 Å². The molecule has 0 aromatic heterocycles. The number of amides is 1. The van der Waals surface area contributed by atoms with Gasteiger partial charge in [0.05, 0.1) is 7.11 Å². The number of carbonyl (C=O) groups is 1. The monoisotopic (exact) mass is 390 g/mol. The van der Waals surface area contributed by atoms with Gasteiger partial charge in [-0.1, -0.05) is 60.7 Å². The first-order valence-corrected chi connectivity index (χ1v) is 9.56. The molecule has 3 aromatic rings. The lowest BCUT2D eigenvalue weighted by Gasteiger charge is -2.27. The average molecular weight is 390 g/mol. The summed E-state index contributed by atoms with van der Waals surface area (Å²) in [7, 11) is 3.54. The normalized spacial score (nSPS) is 11.7. The van der Waals surface area contributed by atoms with Crippen LogP contribution in [0.15, 0.2) is 84.9 Å². The van der Waals surface area contributed by atoms with Crippen LogP contribution in [0.1, 0.15) is 11.6 Å². The van der Waals surface area contributed by atoms with Crippen LogP contribution in [-0.2, 0) is 4.79 Å². The molecule has 0 saturated heterocycles. The molecule has 29 heavy (non-hydrogen) atoms. The van der Waals surface area contributed by atoms with Crippen LogP contribution in [0.25, 0.3) is 0 Å². The predicted molar refractivity (Wildman–Crippen MR) is 115 cm³/mol. The Labute approximate surface area is 171 Å². The molecule has 0 bridgehead atoms. The fourth-order valence-electron chi connectivity index (χ4n) is 3.14. The van der Waals surface area contributed by atoms with E-state index in [4.69, 9.17) is 9.47 Å². The van der Waals surface area contributed by atoms with E-state index in [9.17, 15) is 4.79 Å². The van der Waals surface area contributed by atoms with Crippen molar-refractivity contribution in [2.75, 3.05) is 32.6 Å². The zero-order valence-corrected chi connectivity index (χ0v) is 16.7. The number of rotatable bonds is 9. The van der Waals surface area contributed by atoms with Crippen molar-refractivity contribution in [2.45, 2.75) is 6.04 Å². The topological polar surface area (TPSA) is 50.8 Å². The summed E-state index contributed by atoms with van der Waals surface area (Å²) in [6.07, 6.45) is 0. The molecule has 1 unspecified atom stereocenters. The van der Waals surface area contributed by atoms with E-state index < -0.39 is 6.04 Å². The number of para-hydroxylation sites is 3. The molecule has 1 amide bonds. The maximum absolute atomic E-state index is 13.1. The van der Waals surface area contributed by atoms with E-state index in [1.54, 1.807) is 7.11 Å². The predicted octanol–water partition coefficient (Wildman–Crippen LogP) is 4.39. The van der Waals surface area contributed by atoms with E-state index in [0.717, 1.165) is 11.3 Å². The highest BCUT2D eigenvalue weighted by Gasteiger charge is 2.25. The Morgan fingerprint density at radius 2 is 1.48 bits per heavy atom. The molecular formula is C24H26N2O3. The first-order chi connectivity index (χ1) is 14.2. The van der Waals surface area contributed by atoms with Gasteiger partial charge in [-0.3, -0.25) is 9.69 Å². The molecule has 150 valence electrons. The molecule has 5 heteroatoms. The fourth-order valence-corrected chi connectivity index (χ4v) is 3.14. The van der Waals surface area contributed by atoms with Crippen LogP contribution in [0, 0.1) is 0 Å². The van der Waals surface area contributed by atoms with Gasteiger partial charge in [0.1, 0.15) is 12.6 Å². The van der Waals surface area contributed by atoms with E-state index in [2.05, 4.69) is 5.32 Å². The minimum absolute atomic E-state index is 0.0813. The molecule has 1 N–H and O–H groups in total. The van der Waals surface area contributed by atoms with Crippen LogP contribution >= 0.6 is 0 Å². The average Bonchev–Trinajstić information content (AvgIpc) is 2.75. The number of hydrogen-bond acceptors (Lipinski definition) is 4. The number of nitrogens with zero attached hydrogens (tertiary/aromatic N) is 1. The number of nitrogens with one attached hydrogen (secondary N) is 1. The third kappa shape index (κ3) is 5.59. The third-order valence-corrected chi connectivity index (χ3v) is 4.62. The zero-order valence-electron chi connectivity index (χ0n) is 16.7. The first kappa shape index (κ1) is 20.4. The Balaban J connectivity index is 1.69. The second kappa shape index (κ2) is 10.3. The molecule has 1 atom stereocenters. The fraction of sp³-hybridized carbons (Fsp3) is 0.208. The minimum Gasteiger partial charge on any atom is -0.493 e. The van der Waals surface area contributed by atoms with E-state index >= 15 is 0 Å². The van der Waals surface area contributed by atoms with E-state index in [0.29, 0.717) is 24.7 Å². The lowest BCUT2D eigenvalue weighted by molar-refractivity contribution is -0.121. The molecule has 0 radical (unpaired) electrons. The number of likely N-dealkylation sites (N-methyl/N-ethyl adjacent to an activating group) is 1. The van der Waals surface area contributed by atoms with Crippen molar-refractivity contribution in [3.63, 3.8) is 0 Å². The lowest BCUT2D eigenvalue weighted by atomic mass is 10.0. The SMILES string of the molecule is COc1ccccc1OCCN(C)C(C(=O)Nc1ccccc1)c1ccccc1. The molecular weight excluding hydrogens is 364 g/mol. The van der Waals surface area contributed by atoms with Crippen molar-refractivity contribution >= 4 is 11.6 Å². The highest BCUT2D eigenvalue weighted by Crippen LogP contribution is 2.26. The van der Waals surface area contributed by atoms with Crippen molar-refractivity contribution in [3.8, 4) is 11.5 Å². The molecule has 0 heterocycles. The molecule has 0 aliphatic rings. The second-order valence-corrected chi connectivity index (χ2v) is 6.65. The van der Waals surface area contributed by atoms with Crippen LogP contribution < -0.4 is 14.8 Å². The number of methoxy groups -OCH3 is 1. The largest absolute Gasteiger partial charge is 0.493 e. The molecule has 3 rings (SSSR count). The highest BCUT2D eigenvalue weighted by atomic mass is 16.5. The van der Waals surface area contributed by atoms with E-state index in [1.165, 1.54) is 0 Å². The molecule has 0 fully saturated rings. The standard InChI is InChI=1S/C24H26N2O3/c1-26(17-18-29-22-16-10-9-15-21(22)28-2)23(19-11-5-3-6-12-19)24(27)25-20-13-7-4-8-14-20/h3-16,23H,17-18H2,1-2H3,(H,25,27). The van der Waals surface area contributed by atoms with Gasteiger partial charge in [-0.15, -0.1) is 0 Å². The van der Waals surface area contributed by atoms with Crippen LogP contribution in [0.5, 0.6) is 11.5 Å². The molecule has 0 aliphatic carbocycles. The van der Waals surface area contributed by atoms with Crippen molar-refractivity contribution in [3.05, 3.63) is 90.5 Å². The summed E-state index contributed by atoms with van der Waals surface area (Å²) in [4.78, 5) is 15.1. The molecule has 0 saturated carbocycles. The summed E-state index contributed by atoms with van der Waals surface area (Å²) in [6, 6.07) is 26.3. The Hall–Kier alpha value is -3.31. The van der Waals surface area contributed by atoms with Gasteiger partial charge in [-0.25, -0.2) is 0 Å². The van der Waals surface area contributed by atoms with Crippen molar-refractivity contribution in [2.24, 2.45) is 0 Å². The van der Waals surface area contributed by atoms with Gasteiger partial charge in [0.25, 0.3) is 0 Å². The number of benzene rings is 3. The van der Waals surface area contributed by atoms with Crippen molar-refractivity contribution in [1.82, 2.24) is 4.90 Å². The van der Waals surface area contributed by atoms with Crippen LogP contribution in [0.3, 0.4) is 0 Å². The Morgan fingerprint density at radius 3 is 2.14 bits per heavy atom. The maximum atomic E-state index is 13.1. The quantitative estimate of drug-likeness (QED) is 0.589. The van der Waals surface area contributed by atoms with Gasteiger partial charge >= 0.3 is 0 Å². The van der Waals surface area contributed by atoms with Gasteiger partial charge in [0.15, 0.2) is 11.5 Å². The minimum atomic E-state index is -0.433. The summed E-state index contributed by atoms with van der Waals surface area (Å²) < 4.78 is 11.2. The Kier molecular flexibility index (Phi) is 7.25. The zero-order chi connectivity index (χ0) is 20.5. The second-order valence-electron chi connectivity index (χ2n) is 6.65. The van der Waals surface area contributed by atoms with Gasteiger partial charge < -0.3 is 14.8 Å². The first-order valence-electron chi connectivity index (χ1n) is 9.56. The van der Waals surface area contributed by atoms with Crippen LogP contribution in [-0.4, -0.2) is 38.1 Å². The summed E-state index contributed by atoms with van der Waals surface area (Å²) in [5, 5.41) is 3.01. The summed E-state index contributed by atoms with van der Waals surface area (Å²) in [5.74, 6) is 1.30. The Morgan fingerprint density at radius 1 is 0.897 bits per heavy atom. The summed E-state index contributed by atoms with van der Waals surface area (Å²) in [5.41, 5.74) is 1.71. The third-order valence-electron chi connectivity index (χ3n) is 4.62. The summed E-state index contributed by atoms with van der Waals surface area (Å²) >= 11 is 0. The summed E-state index contributed by atoms with van der Waals surface area (Å²) in [6.45, 7) is 0.999. The number of carbonyl (C=O) groups excluding carboxylic acids is 1. The number of anilines is 1. The maximum Gasteiger partial charge on any atom is 0.246 e. The van der Waals surface area contributed by atoms with Crippen LogP contribution in [0.2, 0.25) is 0 Å². The van der Waals surface area contributed by atoms with Gasteiger partial charge in [0, 0.05) is 12.2 Å². The highest BCUT2D eigenvalue weighted by molar-refractivity contribution is 5.95.